The van der Waals surface area contributed by atoms with Gasteiger partial charge in [-0.3, -0.25) is 11.3 Å². The van der Waals surface area contributed by atoms with Gasteiger partial charge in [0, 0.05) is 4.88 Å². The molecule has 0 radical (unpaired) electrons. The van der Waals surface area contributed by atoms with Gasteiger partial charge in [-0.15, -0.1) is 11.3 Å². The van der Waals surface area contributed by atoms with Gasteiger partial charge in [-0.1, -0.05) is 6.42 Å². The first-order valence-corrected chi connectivity index (χ1v) is 8.37. The molecule has 0 aliphatic carbocycles. The Morgan fingerprint density at radius 1 is 1.53 bits per heavy atom. The molecule has 0 spiro atoms. The number of nitrogens with one attached hydrogen (secondary N) is 1. The highest BCUT2D eigenvalue weighted by atomic mass is 32.2. The van der Waals surface area contributed by atoms with E-state index in [-0.39, 0.29) is 11.3 Å². The predicted octanol–water partition coefficient (Wildman–Crippen LogP) is 1.53. The lowest BCUT2D eigenvalue weighted by atomic mass is 10.0. The molecule has 2 heterocycles. The van der Waals surface area contributed by atoms with E-state index in [1.807, 2.05) is 18.4 Å². The van der Waals surface area contributed by atoms with Crippen LogP contribution in [0.1, 0.15) is 35.7 Å². The highest BCUT2D eigenvalue weighted by molar-refractivity contribution is 7.92. The molecule has 0 bridgehead atoms. The quantitative estimate of drug-likeness (QED) is 0.647. The molecule has 1 aromatic rings. The standard InChI is InChI=1S/C11H18N2O2S2/c1-8-9(5-6-16-8)11(13-12)10-4-2-3-7-17(10,14)15/h5-6,10-11,13H,2-4,7,12H2,1H3. The molecule has 4 nitrogen and oxygen atoms in total. The monoisotopic (exact) mass is 274 g/mol. The molecule has 1 aliphatic rings. The molecule has 17 heavy (non-hydrogen) atoms. The first kappa shape index (κ1) is 13.0. The molecule has 2 atom stereocenters. The van der Waals surface area contributed by atoms with Crippen molar-refractivity contribution in [2.45, 2.75) is 37.5 Å². The summed E-state index contributed by atoms with van der Waals surface area (Å²) >= 11 is 1.62. The fraction of sp³-hybridized carbons (Fsp3) is 0.636. The van der Waals surface area contributed by atoms with Crippen LogP contribution in [0, 0.1) is 6.92 Å². The lowest BCUT2D eigenvalue weighted by Gasteiger charge is -2.29. The van der Waals surface area contributed by atoms with E-state index in [1.54, 1.807) is 11.3 Å². The van der Waals surface area contributed by atoms with Gasteiger partial charge < -0.3 is 0 Å². The molecule has 3 N–H and O–H groups in total. The third-order valence-electron chi connectivity index (χ3n) is 3.41. The highest BCUT2D eigenvalue weighted by Crippen LogP contribution is 2.33. The van der Waals surface area contributed by atoms with Crippen molar-refractivity contribution >= 4 is 21.2 Å². The van der Waals surface area contributed by atoms with Crippen molar-refractivity contribution in [3.8, 4) is 0 Å². The molecule has 6 heteroatoms. The predicted molar refractivity (Wildman–Crippen MR) is 70.5 cm³/mol. The highest BCUT2D eigenvalue weighted by Gasteiger charge is 2.36. The van der Waals surface area contributed by atoms with Crippen molar-refractivity contribution in [2.24, 2.45) is 5.84 Å². The van der Waals surface area contributed by atoms with E-state index in [9.17, 15) is 8.42 Å². The van der Waals surface area contributed by atoms with Crippen molar-refractivity contribution in [1.29, 1.82) is 0 Å². The zero-order valence-corrected chi connectivity index (χ0v) is 11.5. The maximum absolute atomic E-state index is 12.1. The first-order valence-electron chi connectivity index (χ1n) is 5.78. The molecule has 1 aliphatic heterocycles. The molecular formula is C11H18N2O2S2. The zero-order chi connectivity index (χ0) is 12.5. The van der Waals surface area contributed by atoms with Gasteiger partial charge in [0.15, 0.2) is 9.84 Å². The van der Waals surface area contributed by atoms with Gasteiger partial charge in [0.2, 0.25) is 0 Å². The van der Waals surface area contributed by atoms with Crippen LogP contribution in [0.15, 0.2) is 11.4 Å². The Hall–Kier alpha value is -0.430. The summed E-state index contributed by atoms with van der Waals surface area (Å²) < 4.78 is 24.2. The second kappa shape index (κ2) is 5.06. The number of rotatable bonds is 3. The number of hydrogen-bond acceptors (Lipinski definition) is 5. The van der Waals surface area contributed by atoms with Crippen LogP contribution in [-0.4, -0.2) is 19.4 Å². The Labute approximate surface area is 106 Å². The number of aryl methyl sites for hydroxylation is 1. The minimum atomic E-state index is -3.02. The van der Waals surface area contributed by atoms with Crippen LogP contribution < -0.4 is 11.3 Å². The fourth-order valence-electron chi connectivity index (χ4n) is 2.47. The van der Waals surface area contributed by atoms with Crippen LogP contribution in [-0.2, 0) is 9.84 Å². The van der Waals surface area contributed by atoms with Gasteiger partial charge in [-0.2, -0.15) is 0 Å². The summed E-state index contributed by atoms with van der Waals surface area (Å²) in [6.45, 7) is 2.00. The largest absolute Gasteiger partial charge is 0.271 e. The zero-order valence-electron chi connectivity index (χ0n) is 9.85. The van der Waals surface area contributed by atoms with E-state index in [2.05, 4.69) is 5.43 Å². The van der Waals surface area contributed by atoms with E-state index in [1.165, 1.54) is 0 Å². The Balaban J connectivity index is 2.33. The summed E-state index contributed by atoms with van der Waals surface area (Å²) in [6, 6.07) is 1.70. The van der Waals surface area contributed by atoms with E-state index < -0.39 is 9.84 Å². The average molecular weight is 274 g/mol. The summed E-state index contributed by atoms with van der Waals surface area (Å²) in [5, 5.41) is 1.60. The Kier molecular flexibility index (Phi) is 3.87. The average Bonchev–Trinajstić information content (AvgIpc) is 2.68. The van der Waals surface area contributed by atoms with Crippen molar-refractivity contribution in [1.82, 2.24) is 5.43 Å². The second-order valence-electron chi connectivity index (χ2n) is 4.48. The van der Waals surface area contributed by atoms with Gasteiger partial charge in [-0.25, -0.2) is 8.42 Å². The maximum atomic E-state index is 12.1. The summed E-state index contributed by atoms with van der Waals surface area (Å²) in [5.41, 5.74) is 3.72. The third kappa shape index (κ3) is 2.54. The third-order valence-corrected chi connectivity index (χ3v) is 6.56. The van der Waals surface area contributed by atoms with E-state index >= 15 is 0 Å². The van der Waals surface area contributed by atoms with Crippen molar-refractivity contribution in [2.75, 3.05) is 5.75 Å². The Morgan fingerprint density at radius 2 is 2.29 bits per heavy atom. The Bertz CT molecular complexity index is 481. The molecule has 0 saturated carbocycles. The van der Waals surface area contributed by atoms with Crippen molar-refractivity contribution in [3.05, 3.63) is 21.9 Å². The van der Waals surface area contributed by atoms with Gasteiger partial charge in [0.1, 0.15) is 0 Å². The van der Waals surface area contributed by atoms with E-state index in [0.717, 1.165) is 23.3 Å². The minimum Gasteiger partial charge on any atom is -0.271 e. The summed E-state index contributed by atoms with van der Waals surface area (Å²) in [5.74, 6) is 5.87. The molecule has 2 unspecified atom stereocenters. The number of hydrazine groups is 1. The van der Waals surface area contributed by atoms with E-state index in [0.29, 0.717) is 12.2 Å². The minimum absolute atomic E-state index is 0.272. The van der Waals surface area contributed by atoms with Crippen LogP contribution >= 0.6 is 11.3 Å². The smallest absolute Gasteiger partial charge is 0.155 e. The number of sulfone groups is 1. The number of hydrogen-bond donors (Lipinski definition) is 2. The molecule has 1 fully saturated rings. The summed E-state index contributed by atoms with van der Waals surface area (Å²) in [6.07, 6.45) is 2.44. The maximum Gasteiger partial charge on any atom is 0.155 e. The SMILES string of the molecule is Cc1sccc1C(NN)C1CCCCS1(=O)=O. The van der Waals surface area contributed by atoms with Gasteiger partial charge in [-0.05, 0) is 36.8 Å². The number of nitrogens with two attached hydrogens (primary N) is 1. The second-order valence-corrected chi connectivity index (χ2v) is 7.94. The van der Waals surface area contributed by atoms with Crippen LogP contribution in [0.4, 0.5) is 0 Å². The lowest BCUT2D eigenvalue weighted by Crippen LogP contribution is -2.43. The van der Waals surface area contributed by atoms with Gasteiger partial charge in [0.25, 0.3) is 0 Å². The van der Waals surface area contributed by atoms with Crippen molar-refractivity contribution < 1.29 is 8.42 Å². The van der Waals surface area contributed by atoms with Crippen LogP contribution in [0.3, 0.4) is 0 Å². The fourth-order valence-corrected chi connectivity index (χ4v) is 5.29. The first-order chi connectivity index (χ1) is 8.06. The summed E-state index contributed by atoms with van der Waals surface area (Å²) in [7, 11) is -3.02. The molecule has 0 amide bonds. The molecule has 1 aromatic heterocycles. The molecule has 0 aromatic carbocycles. The van der Waals surface area contributed by atoms with Crippen LogP contribution in [0.5, 0.6) is 0 Å². The topological polar surface area (TPSA) is 72.2 Å². The molecular weight excluding hydrogens is 256 g/mol. The van der Waals surface area contributed by atoms with Gasteiger partial charge >= 0.3 is 0 Å². The molecule has 2 rings (SSSR count). The van der Waals surface area contributed by atoms with Gasteiger partial charge in [0.05, 0.1) is 17.0 Å². The molecule has 96 valence electrons. The molecule has 1 saturated heterocycles. The normalized spacial score (nSPS) is 25.6. The van der Waals surface area contributed by atoms with Crippen molar-refractivity contribution in [3.63, 3.8) is 0 Å². The van der Waals surface area contributed by atoms with Crippen LogP contribution in [0.25, 0.3) is 0 Å². The van der Waals surface area contributed by atoms with Crippen LogP contribution in [0.2, 0.25) is 0 Å². The summed E-state index contributed by atoms with van der Waals surface area (Å²) in [4.78, 5) is 1.13. The Morgan fingerprint density at radius 3 is 2.82 bits per heavy atom. The van der Waals surface area contributed by atoms with E-state index in [4.69, 9.17) is 5.84 Å². The number of thiophene rings is 1. The lowest BCUT2D eigenvalue weighted by molar-refractivity contribution is 0.453.